The SMILES string of the molecule is CCc1cccc(CC(=O)[C@@H]2CC=NN2C(=O)[C@@H](CC(=O)NO)CC2CCCC2)n1. The Hall–Kier alpha value is -2.61. The summed E-state index contributed by atoms with van der Waals surface area (Å²) in [6.45, 7) is 2.01. The third kappa shape index (κ3) is 5.50. The van der Waals surface area contributed by atoms with Crippen molar-refractivity contribution in [3.63, 3.8) is 0 Å². The normalized spacial score (nSPS) is 19.8. The summed E-state index contributed by atoms with van der Waals surface area (Å²) in [7, 11) is 0. The molecule has 0 saturated heterocycles. The number of pyridine rings is 1. The van der Waals surface area contributed by atoms with Crippen LogP contribution >= 0.6 is 0 Å². The van der Waals surface area contributed by atoms with Gasteiger partial charge >= 0.3 is 0 Å². The molecule has 0 spiro atoms. The highest BCUT2D eigenvalue weighted by atomic mass is 16.5. The van der Waals surface area contributed by atoms with E-state index in [1.165, 1.54) is 5.01 Å². The van der Waals surface area contributed by atoms with E-state index in [-0.39, 0.29) is 24.5 Å². The van der Waals surface area contributed by atoms with Crippen molar-refractivity contribution in [2.45, 2.75) is 70.8 Å². The largest absolute Gasteiger partial charge is 0.297 e. The van der Waals surface area contributed by atoms with Crippen molar-refractivity contribution in [1.29, 1.82) is 0 Å². The standard InChI is InChI=1S/C22H30N4O4/c1-2-17-8-5-9-18(24-17)14-20(27)19-10-11-23-26(19)22(29)16(13-21(28)25-30)12-15-6-3-4-7-15/h5,8-9,11,15-16,19,30H,2-4,6-7,10,12-14H2,1H3,(H,25,28)/t16-,19+/m1/s1. The topological polar surface area (TPSA) is 112 Å². The number of hydroxylamine groups is 1. The third-order valence-corrected chi connectivity index (χ3v) is 6.01. The number of hydrogen-bond acceptors (Lipinski definition) is 6. The van der Waals surface area contributed by atoms with Crippen molar-refractivity contribution < 1.29 is 19.6 Å². The summed E-state index contributed by atoms with van der Waals surface area (Å²) in [5.74, 6) is -1.27. The molecular weight excluding hydrogens is 384 g/mol. The van der Waals surface area contributed by atoms with Gasteiger partial charge < -0.3 is 0 Å². The fraction of sp³-hybridized carbons (Fsp3) is 0.591. The molecule has 2 N–H and O–H groups in total. The first-order valence-corrected chi connectivity index (χ1v) is 10.8. The number of nitrogens with one attached hydrogen (secondary N) is 1. The number of rotatable bonds is 9. The van der Waals surface area contributed by atoms with Crippen LogP contribution in [0.15, 0.2) is 23.3 Å². The molecule has 2 atom stereocenters. The second-order valence-electron chi connectivity index (χ2n) is 8.17. The Morgan fingerprint density at radius 3 is 2.67 bits per heavy atom. The summed E-state index contributed by atoms with van der Waals surface area (Å²) in [5, 5.41) is 14.3. The molecule has 1 aromatic heterocycles. The zero-order valence-electron chi connectivity index (χ0n) is 17.4. The predicted octanol–water partition coefficient (Wildman–Crippen LogP) is 2.43. The molecular formula is C22H30N4O4. The lowest BCUT2D eigenvalue weighted by Gasteiger charge is -2.26. The van der Waals surface area contributed by atoms with Gasteiger partial charge in [0.2, 0.25) is 11.8 Å². The van der Waals surface area contributed by atoms with Crippen molar-refractivity contribution in [1.82, 2.24) is 15.5 Å². The molecule has 8 nitrogen and oxygen atoms in total. The van der Waals surface area contributed by atoms with Gasteiger partial charge in [0.15, 0.2) is 5.78 Å². The van der Waals surface area contributed by atoms with E-state index in [1.807, 2.05) is 25.1 Å². The molecule has 8 heteroatoms. The second-order valence-corrected chi connectivity index (χ2v) is 8.17. The molecule has 1 aliphatic carbocycles. The van der Waals surface area contributed by atoms with E-state index in [1.54, 1.807) is 11.7 Å². The minimum absolute atomic E-state index is 0.112. The number of carbonyl (C=O) groups is 3. The zero-order valence-corrected chi connectivity index (χ0v) is 17.4. The van der Waals surface area contributed by atoms with E-state index >= 15 is 0 Å². The molecule has 0 aromatic carbocycles. The average Bonchev–Trinajstić information content (AvgIpc) is 3.44. The van der Waals surface area contributed by atoms with E-state index in [9.17, 15) is 14.4 Å². The van der Waals surface area contributed by atoms with Gasteiger partial charge in [0, 0.05) is 36.4 Å². The molecule has 0 bridgehead atoms. The van der Waals surface area contributed by atoms with E-state index in [0.29, 0.717) is 24.5 Å². The van der Waals surface area contributed by atoms with Gasteiger partial charge in [-0.25, -0.2) is 10.5 Å². The van der Waals surface area contributed by atoms with Gasteiger partial charge in [0.05, 0.1) is 6.42 Å². The highest BCUT2D eigenvalue weighted by Gasteiger charge is 2.38. The van der Waals surface area contributed by atoms with Crippen LogP contribution in [0, 0.1) is 11.8 Å². The minimum Gasteiger partial charge on any atom is -0.297 e. The summed E-state index contributed by atoms with van der Waals surface area (Å²) in [5.41, 5.74) is 3.22. The van der Waals surface area contributed by atoms with Crippen LogP contribution in [0.2, 0.25) is 0 Å². The molecule has 30 heavy (non-hydrogen) atoms. The zero-order chi connectivity index (χ0) is 21.5. The van der Waals surface area contributed by atoms with E-state index in [4.69, 9.17) is 5.21 Å². The molecule has 2 heterocycles. The number of carbonyl (C=O) groups excluding carboxylic acids is 3. The third-order valence-electron chi connectivity index (χ3n) is 6.01. The molecule has 1 aromatic rings. The quantitative estimate of drug-likeness (QED) is 0.476. The van der Waals surface area contributed by atoms with Crippen LogP contribution in [-0.2, 0) is 27.2 Å². The maximum atomic E-state index is 13.2. The number of hydrazone groups is 1. The number of hydrogen-bond donors (Lipinski definition) is 2. The van der Waals surface area contributed by atoms with Gasteiger partial charge in [-0.05, 0) is 30.9 Å². The number of amides is 2. The first-order valence-electron chi connectivity index (χ1n) is 10.8. The summed E-state index contributed by atoms with van der Waals surface area (Å²) >= 11 is 0. The number of Topliss-reactive ketones (excluding diaryl/α,β-unsaturated/α-hetero) is 1. The Balaban J connectivity index is 1.70. The fourth-order valence-electron chi connectivity index (χ4n) is 4.39. The van der Waals surface area contributed by atoms with Gasteiger partial charge in [-0.2, -0.15) is 5.10 Å². The molecule has 162 valence electrons. The monoisotopic (exact) mass is 414 g/mol. The van der Waals surface area contributed by atoms with Crippen LogP contribution < -0.4 is 5.48 Å². The molecule has 0 radical (unpaired) electrons. The maximum Gasteiger partial charge on any atom is 0.246 e. The molecule has 1 aliphatic heterocycles. The average molecular weight is 415 g/mol. The maximum absolute atomic E-state index is 13.2. The Kier molecular flexibility index (Phi) is 7.68. The van der Waals surface area contributed by atoms with E-state index < -0.39 is 17.9 Å². The van der Waals surface area contributed by atoms with Crippen molar-refractivity contribution in [2.24, 2.45) is 16.9 Å². The summed E-state index contributed by atoms with van der Waals surface area (Å²) < 4.78 is 0. The van der Waals surface area contributed by atoms with Gasteiger partial charge in [-0.15, -0.1) is 0 Å². The number of aromatic nitrogens is 1. The van der Waals surface area contributed by atoms with E-state index in [0.717, 1.165) is 37.8 Å². The highest BCUT2D eigenvalue weighted by molar-refractivity contribution is 5.95. The number of nitrogens with zero attached hydrogens (tertiary/aromatic N) is 3. The first kappa shape index (κ1) is 22.1. The smallest absolute Gasteiger partial charge is 0.246 e. The Bertz CT molecular complexity index is 804. The lowest BCUT2D eigenvalue weighted by Crippen LogP contribution is -2.43. The molecule has 3 rings (SSSR count). The van der Waals surface area contributed by atoms with E-state index in [2.05, 4.69) is 10.1 Å². The molecule has 2 aliphatic rings. The molecule has 1 saturated carbocycles. The Morgan fingerprint density at radius 2 is 1.97 bits per heavy atom. The van der Waals surface area contributed by atoms with Crippen LogP contribution in [0.25, 0.3) is 0 Å². The predicted molar refractivity (Wildman–Crippen MR) is 111 cm³/mol. The molecule has 1 fully saturated rings. The molecule has 2 amide bonds. The van der Waals surface area contributed by atoms with Crippen LogP contribution in [0.3, 0.4) is 0 Å². The van der Waals surface area contributed by atoms with Crippen LogP contribution in [0.4, 0.5) is 0 Å². The van der Waals surface area contributed by atoms with Crippen LogP contribution in [-0.4, -0.2) is 45.1 Å². The van der Waals surface area contributed by atoms with Crippen LogP contribution in [0.1, 0.15) is 63.3 Å². The lowest BCUT2D eigenvalue weighted by molar-refractivity contribution is -0.145. The Labute approximate surface area is 176 Å². The van der Waals surface area contributed by atoms with Crippen molar-refractivity contribution in [3.05, 3.63) is 29.6 Å². The van der Waals surface area contributed by atoms with Crippen molar-refractivity contribution in [3.8, 4) is 0 Å². The second kappa shape index (κ2) is 10.4. The van der Waals surface area contributed by atoms with Gasteiger partial charge in [0.1, 0.15) is 6.04 Å². The van der Waals surface area contributed by atoms with Gasteiger partial charge in [-0.3, -0.25) is 24.6 Å². The summed E-state index contributed by atoms with van der Waals surface area (Å²) in [6, 6.07) is 4.94. The first-order chi connectivity index (χ1) is 14.5. The fourth-order valence-corrected chi connectivity index (χ4v) is 4.39. The van der Waals surface area contributed by atoms with Gasteiger partial charge in [0.25, 0.3) is 0 Å². The van der Waals surface area contributed by atoms with Gasteiger partial charge in [-0.1, -0.05) is 38.7 Å². The van der Waals surface area contributed by atoms with Crippen LogP contribution in [0.5, 0.6) is 0 Å². The highest BCUT2D eigenvalue weighted by Crippen LogP contribution is 2.33. The summed E-state index contributed by atoms with van der Waals surface area (Å²) in [4.78, 5) is 42.4. The Morgan fingerprint density at radius 1 is 1.23 bits per heavy atom. The van der Waals surface area contributed by atoms with Crippen molar-refractivity contribution >= 4 is 23.8 Å². The van der Waals surface area contributed by atoms with Crippen molar-refractivity contribution in [2.75, 3.05) is 0 Å². The number of aryl methyl sites for hydroxylation is 1. The number of ketones is 1. The lowest BCUT2D eigenvalue weighted by atomic mass is 9.89. The minimum atomic E-state index is -0.673. The summed E-state index contributed by atoms with van der Waals surface area (Å²) in [6.07, 6.45) is 7.65. The molecule has 0 unspecified atom stereocenters.